The van der Waals surface area contributed by atoms with Gasteiger partial charge in [0, 0.05) is 37.9 Å². The SMILES string of the molecule is CCCCCCCCCCCCCCCCOCC(COCCOCC(COCCCCCCCCCCCCCCCC)OCCCS(=O)(=O)[O-])OCCCS(=O)(=O)[O-].[Na+].[Na+]. The van der Waals surface area contributed by atoms with Crippen molar-refractivity contribution in [3.63, 3.8) is 0 Å². The first-order chi connectivity index (χ1) is 29.1. The third-order valence-electron chi connectivity index (χ3n) is 10.7. The molecule has 0 aliphatic rings. The number of hydrogen-bond acceptors (Lipinski definition) is 12. The molecule has 0 radical (unpaired) electrons. The van der Waals surface area contributed by atoms with E-state index in [0.717, 1.165) is 25.7 Å². The fourth-order valence-electron chi connectivity index (χ4n) is 7.03. The number of hydrogen-bond donors (Lipinski definition) is 0. The van der Waals surface area contributed by atoms with Gasteiger partial charge in [-0.1, -0.05) is 181 Å². The maximum Gasteiger partial charge on any atom is 1.00 e. The first-order valence-corrected chi connectivity index (χ1v) is 27.6. The van der Waals surface area contributed by atoms with Gasteiger partial charge in [-0.3, -0.25) is 0 Å². The van der Waals surface area contributed by atoms with E-state index in [1.807, 2.05) is 0 Å². The van der Waals surface area contributed by atoms with Gasteiger partial charge in [0.1, 0.15) is 12.2 Å². The molecule has 0 heterocycles. The molecule has 2 unspecified atom stereocenters. The molecule has 362 valence electrons. The van der Waals surface area contributed by atoms with Crippen LogP contribution < -0.4 is 59.1 Å². The Morgan fingerprint density at radius 2 is 0.548 bits per heavy atom. The number of ether oxygens (including phenoxy) is 6. The summed E-state index contributed by atoms with van der Waals surface area (Å²) in [4.78, 5) is 0. The van der Waals surface area contributed by atoms with Crippen molar-refractivity contribution in [2.45, 2.75) is 219 Å². The van der Waals surface area contributed by atoms with Gasteiger partial charge in [0.25, 0.3) is 0 Å². The van der Waals surface area contributed by atoms with Crippen molar-refractivity contribution in [2.24, 2.45) is 0 Å². The van der Waals surface area contributed by atoms with E-state index in [9.17, 15) is 25.9 Å². The Bertz CT molecular complexity index is 1010. The average Bonchev–Trinajstić information content (AvgIpc) is 3.20. The number of rotatable bonds is 51. The maximum absolute atomic E-state index is 11.0. The Labute approximate surface area is 426 Å². The van der Waals surface area contributed by atoms with Crippen LogP contribution in [0.2, 0.25) is 0 Å². The molecule has 0 aliphatic carbocycles. The second-order valence-electron chi connectivity index (χ2n) is 16.7. The minimum Gasteiger partial charge on any atom is -0.748 e. The molecule has 0 aromatic heterocycles. The second-order valence-corrected chi connectivity index (χ2v) is 19.8. The summed E-state index contributed by atoms with van der Waals surface area (Å²) in [6.07, 6.45) is 35.5. The molecule has 0 amide bonds. The molecular weight excluding hydrogens is 855 g/mol. The zero-order valence-corrected chi connectivity index (χ0v) is 46.2. The molecule has 0 saturated heterocycles. The quantitative estimate of drug-likeness (QED) is 0.0471. The van der Waals surface area contributed by atoms with E-state index in [1.54, 1.807) is 0 Å². The van der Waals surface area contributed by atoms with Crippen LogP contribution in [-0.4, -0.2) is 116 Å². The smallest absolute Gasteiger partial charge is 0.748 e. The summed E-state index contributed by atoms with van der Waals surface area (Å²) in [5.41, 5.74) is 0. The minimum absolute atomic E-state index is 0. The van der Waals surface area contributed by atoms with Crippen LogP contribution in [-0.2, 0) is 48.7 Å². The number of unbranched alkanes of at least 4 members (excludes halogenated alkanes) is 26. The zero-order chi connectivity index (χ0) is 44.1. The predicted octanol–water partition coefficient (Wildman–Crippen LogP) is 4.66. The van der Waals surface area contributed by atoms with E-state index in [0.29, 0.717) is 26.4 Å². The Kier molecular flexibility index (Phi) is 56.9. The summed E-state index contributed by atoms with van der Waals surface area (Å²) in [6.45, 7) is 7.55. The molecule has 16 heteroatoms. The Hall–Kier alpha value is 1.58. The summed E-state index contributed by atoms with van der Waals surface area (Å²) in [7, 11) is -8.61. The van der Waals surface area contributed by atoms with Gasteiger partial charge in [-0.05, 0) is 25.7 Å². The third-order valence-corrected chi connectivity index (χ3v) is 12.2. The van der Waals surface area contributed by atoms with Crippen LogP contribution in [0.25, 0.3) is 0 Å². The molecular formula is C46H92Na2O12S2. The predicted molar refractivity (Wildman–Crippen MR) is 242 cm³/mol. The van der Waals surface area contributed by atoms with E-state index < -0.39 is 43.9 Å². The molecule has 62 heavy (non-hydrogen) atoms. The molecule has 12 nitrogen and oxygen atoms in total. The van der Waals surface area contributed by atoms with Crippen molar-refractivity contribution in [2.75, 3.05) is 77.6 Å². The molecule has 0 fully saturated rings. The van der Waals surface area contributed by atoms with Crippen molar-refractivity contribution >= 4 is 20.2 Å². The van der Waals surface area contributed by atoms with Gasteiger partial charge >= 0.3 is 59.1 Å². The van der Waals surface area contributed by atoms with Crippen LogP contribution in [0.3, 0.4) is 0 Å². The molecule has 0 N–H and O–H groups in total. The van der Waals surface area contributed by atoms with Crippen molar-refractivity contribution < 1.29 is 113 Å². The molecule has 0 aliphatic heterocycles. The van der Waals surface area contributed by atoms with Crippen LogP contribution in [0.15, 0.2) is 0 Å². The Morgan fingerprint density at radius 3 is 0.790 bits per heavy atom. The normalized spacial score (nSPS) is 12.9. The molecule has 0 spiro atoms. The van der Waals surface area contributed by atoms with Gasteiger partial charge in [-0.2, -0.15) is 0 Å². The molecule has 0 rings (SSSR count). The fraction of sp³-hybridized carbons (Fsp3) is 1.00. The topological polar surface area (TPSA) is 170 Å². The van der Waals surface area contributed by atoms with Crippen LogP contribution in [0.5, 0.6) is 0 Å². The van der Waals surface area contributed by atoms with Crippen LogP contribution in [0.4, 0.5) is 0 Å². The molecule has 2 atom stereocenters. The van der Waals surface area contributed by atoms with Gasteiger partial charge in [0.05, 0.1) is 59.9 Å². The van der Waals surface area contributed by atoms with E-state index in [2.05, 4.69) is 13.8 Å². The first-order valence-electron chi connectivity index (χ1n) is 24.5. The van der Waals surface area contributed by atoms with Gasteiger partial charge in [0.2, 0.25) is 0 Å². The third kappa shape index (κ3) is 57.7. The van der Waals surface area contributed by atoms with E-state index >= 15 is 0 Å². The molecule has 0 aromatic rings. The van der Waals surface area contributed by atoms with Gasteiger partial charge in [-0.15, -0.1) is 0 Å². The summed E-state index contributed by atoms with van der Waals surface area (Å²) >= 11 is 0. The summed E-state index contributed by atoms with van der Waals surface area (Å²) in [5.74, 6) is -0.958. The monoisotopic (exact) mass is 947 g/mol. The van der Waals surface area contributed by atoms with Gasteiger partial charge in [0.15, 0.2) is 0 Å². The van der Waals surface area contributed by atoms with E-state index in [4.69, 9.17) is 28.4 Å². The molecule has 0 saturated carbocycles. The van der Waals surface area contributed by atoms with Crippen LogP contribution in [0.1, 0.15) is 206 Å². The maximum atomic E-state index is 11.0. The second kappa shape index (κ2) is 52.0. The summed E-state index contributed by atoms with van der Waals surface area (Å²) in [6, 6.07) is 0. The van der Waals surface area contributed by atoms with E-state index in [-0.39, 0.29) is 112 Å². The standard InChI is InChI=1S/C46H94O12S2.2Na/c1-3-5-7-9-11-13-15-17-19-21-23-25-27-29-33-53-41-45(57-35-31-39-59(47,48)49)43-55-37-38-56-44-46(58-36-32-40-60(50,51)52)42-54-34-30-28-26-24-22-20-18-16-14-12-10-8-6-4-2;;/h45-46H,3-44H2,1-2H3,(H,47,48,49)(H,50,51,52);;/q;2*+1/p-2. The zero-order valence-electron chi connectivity index (χ0n) is 40.6. The van der Waals surface area contributed by atoms with Gasteiger partial charge in [-0.25, -0.2) is 16.8 Å². The first kappa shape index (κ1) is 67.8. The molecule has 0 aromatic carbocycles. The molecule has 0 bridgehead atoms. The van der Waals surface area contributed by atoms with Crippen molar-refractivity contribution in [1.82, 2.24) is 0 Å². The van der Waals surface area contributed by atoms with Crippen molar-refractivity contribution in [1.29, 1.82) is 0 Å². The van der Waals surface area contributed by atoms with Gasteiger partial charge < -0.3 is 37.5 Å². The van der Waals surface area contributed by atoms with Crippen molar-refractivity contribution in [3.05, 3.63) is 0 Å². The fourth-order valence-corrected chi connectivity index (χ4v) is 7.98. The summed E-state index contributed by atoms with van der Waals surface area (Å²) in [5, 5.41) is 0. The van der Waals surface area contributed by atoms with Crippen molar-refractivity contribution in [3.8, 4) is 0 Å². The van der Waals surface area contributed by atoms with E-state index in [1.165, 1.54) is 154 Å². The Balaban J connectivity index is -0.0000174. The Morgan fingerprint density at radius 1 is 0.323 bits per heavy atom. The average molecular weight is 947 g/mol. The van der Waals surface area contributed by atoms with Crippen LogP contribution in [0, 0.1) is 0 Å². The largest absolute Gasteiger partial charge is 1.00 e. The minimum atomic E-state index is -4.30. The summed E-state index contributed by atoms with van der Waals surface area (Å²) < 4.78 is 101. The van der Waals surface area contributed by atoms with Crippen LogP contribution >= 0.6 is 0 Å².